The van der Waals surface area contributed by atoms with Crippen LogP contribution in [0, 0.1) is 18.3 Å². The number of carbonyl (C=O) groups is 1. The number of fused-ring (bicyclic) bond motifs is 1. The van der Waals surface area contributed by atoms with Crippen LogP contribution in [0.4, 0.5) is 5.69 Å². The molecule has 4 aromatic rings. The molecule has 7 heteroatoms. The van der Waals surface area contributed by atoms with Crippen molar-refractivity contribution in [2.24, 2.45) is 0 Å². The zero-order valence-corrected chi connectivity index (χ0v) is 16.5. The van der Waals surface area contributed by atoms with Crippen LogP contribution in [0.3, 0.4) is 0 Å². The van der Waals surface area contributed by atoms with Gasteiger partial charge in [0.15, 0.2) is 0 Å². The van der Waals surface area contributed by atoms with E-state index in [0.29, 0.717) is 11.3 Å². The third-order valence-corrected chi connectivity index (χ3v) is 5.31. The summed E-state index contributed by atoms with van der Waals surface area (Å²) in [6.07, 6.45) is 3.47. The minimum Gasteiger partial charge on any atom is -0.325 e. The first-order valence-electron chi connectivity index (χ1n) is 8.96. The summed E-state index contributed by atoms with van der Waals surface area (Å²) in [5.74, 6) is 0.0428. The molecule has 0 aliphatic heterocycles. The topological polar surface area (TPSA) is 83.1 Å². The van der Waals surface area contributed by atoms with Crippen molar-refractivity contribution in [3.05, 3.63) is 78.1 Å². The Labute approximate surface area is 172 Å². The van der Waals surface area contributed by atoms with Crippen molar-refractivity contribution in [2.45, 2.75) is 11.9 Å². The molecular weight excluding hydrogens is 382 g/mol. The van der Waals surface area contributed by atoms with Gasteiger partial charge in [-0.2, -0.15) is 10.4 Å². The van der Waals surface area contributed by atoms with Crippen molar-refractivity contribution < 1.29 is 4.79 Å². The van der Waals surface area contributed by atoms with Crippen LogP contribution in [-0.4, -0.2) is 26.3 Å². The SMILES string of the molecule is Cc1ccc(-c2cc3c(SCC(=O)Nc4cccc(C#N)c4)nccn3n2)cc1. The third kappa shape index (κ3) is 4.28. The Balaban J connectivity index is 1.50. The molecule has 2 aromatic carbocycles. The number of aromatic nitrogens is 3. The molecule has 1 amide bonds. The standard InChI is InChI=1S/C22H17N5OS/c1-15-5-7-17(8-6-15)19-12-20-22(24-9-10-27(20)26-19)29-14-21(28)25-18-4-2-3-16(11-18)13-23/h2-12H,14H2,1H3,(H,25,28). The number of hydrogen-bond acceptors (Lipinski definition) is 5. The normalized spacial score (nSPS) is 10.6. The van der Waals surface area contributed by atoms with E-state index in [1.807, 2.05) is 25.1 Å². The molecule has 0 radical (unpaired) electrons. The van der Waals surface area contributed by atoms with Crippen LogP contribution in [-0.2, 0) is 4.79 Å². The van der Waals surface area contributed by atoms with Crippen LogP contribution in [0.15, 0.2) is 72.0 Å². The molecule has 0 fully saturated rings. The molecule has 29 heavy (non-hydrogen) atoms. The van der Waals surface area contributed by atoms with Gasteiger partial charge in [0, 0.05) is 23.6 Å². The number of hydrogen-bond donors (Lipinski definition) is 1. The van der Waals surface area contributed by atoms with Crippen molar-refractivity contribution in [1.29, 1.82) is 5.26 Å². The van der Waals surface area contributed by atoms with Crippen molar-refractivity contribution in [1.82, 2.24) is 14.6 Å². The fourth-order valence-electron chi connectivity index (χ4n) is 2.87. The van der Waals surface area contributed by atoms with Gasteiger partial charge in [0.05, 0.1) is 28.6 Å². The van der Waals surface area contributed by atoms with E-state index in [2.05, 4.69) is 33.6 Å². The summed E-state index contributed by atoms with van der Waals surface area (Å²) >= 11 is 1.35. The molecule has 6 nitrogen and oxygen atoms in total. The van der Waals surface area contributed by atoms with E-state index in [1.54, 1.807) is 41.2 Å². The van der Waals surface area contributed by atoms with Crippen molar-refractivity contribution in [3.63, 3.8) is 0 Å². The minimum atomic E-state index is -0.160. The van der Waals surface area contributed by atoms with Crippen molar-refractivity contribution in [2.75, 3.05) is 11.1 Å². The number of rotatable bonds is 5. The third-order valence-electron chi connectivity index (χ3n) is 4.32. The molecule has 0 unspecified atom stereocenters. The zero-order valence-electron chi connectivity index (χ0n) is 15.7. The second kappa shape index (κ2) is 8.17. The molecule has 0 saturated heterocycles. The van der Waals surface area contributed by atoms with Crippen LogP contribution < -0.4 is 5.32 Å². The highest BCUT2D eigenvalue weighted by molar-refractivity contribution is 8.00. The predicted octanol–water partition coefficient (Wildman–Crippen LogP) is 4.31. The van der Waals surface area contributed by atoms with Crippen molar-refractivity contribution >= 4 is 28.9 Å². The molecule has 0 saturated carbocycles. The van der Waals surface area contributed by atoms with Gasteiger partial charge in [-0.1, -0.05) is 47.7 Å². The largest absolute Gasteiger partial charge is 0.325 e. The maximum Gasteiger partial charge on any atom is 0.234 e. The molecule has 1 N–H and O–H groups in total. The second-order valence-electron chi connectivity index (χ2n) is 6.49. The van der Waals surface area contributed by atoms with Gasteiger partial charge < -0.3 is 5.32 Å². The predicted molar refractivity (Wildman–Crippen MR) is 114 cm³/mol. The second-order valence-corrected chi connectivity index (χ2v) is 7.45. The Kier molecular flexibility index (Phi) is 5.27. The van der Waals surface area contributed by atoms with Gasteiger partial charge in [-0.3, -0.25) is 4.79 Å². The van der Waals surface area contributed by atoms with Gasteiger partial charge in [0.2, 0.25) is 5.91 Å². The quantitative estimate of drug-likeness (QED) is 0.506. The van der Waals surface area contributed by atoms with E-state index in [1.165, 1.54) is 17.3 Å². The number of aryl methyl sites for hydroxylation is 1. The summed E-state index contributed by atoms with van der Waals surface area (Å²) in [4.78, 5) is 16.7. The zero-order chi connectivity index (χ0) is 20.2. The maximum atomic E-state index is 12.3. The fraction of sp³-hybridized carbons (Fsp3) is 0.0909. The maximum absolute atomic E-state index is 12.3. The van der Waals surface area contributed by atoms with E-state index in [4.69, 9.17) is 5.26 Å². The molecule has 0 atom stereocenters. The number of nitriles is 1. The number of nitrogens with zero attached hydrogens (tertiary/aromatic N) is 4. The lowest BCUT2D eigenvalue weighted by Gasteiger charge is -2.05. The molecule has 4 rings (SSSR count). The van der Waals surface area contributed by atoms with Gasteiger partial charge in [-0.25, -0.2) is 9.50 Å². The highest BCUT2D eigenvalue weighted by Crippen LogP contribution is 2.26. The first kappa shape index (κ1) is 18.7. The number of benzene rings is 2. The Morgan fingerprint density at radius 3 is 2.83 bits per heavy atom. The van der Waals surface area contributed by atoms with Crippen LogP contribution in [0.25, 0.3) is 16.8 Å². The van der Waals surface area contributed by atoms with Gasteiger partial charge in [-0.05, 0) is 31.2 Å². The van der Waals surface area contributed by atoms with Crippen LogP contribution in [0.1, 0.15) is 11.1 Å². The average molecular weight is 399 g/mol. The number of nitrogens with one attached hydrogen (secondary N) is 1. The van der Waals surface area contributed by atoms with Crippen molar-refractivity contribution in [3.8, 4) is 17.3 Å². The molecule has 0 aliphatic carbocycles. The molecule has 0 bridgehead atoms. The number of carbonyl (C=O) groups excluding carboxylic acids is 1. The van der Waals surface area contributed by atoms with E-state index in [9.17, 15) is 4.79 Å². The van der Waals surface area contributed by atoms with E-state index in [-0.39, 0.29) is 11.7 Å². The summed E-state index contributed by atoms with van der Waals surface area (Å²) in [6, 6.07) is 19.1. The first-order valence-corrected chi connectivity index (χ1v) is 9.95. The molecule has 142 valence electrons. The Morgan fingerprint density at radius 1 is 1.21 bits per heavy atom. The van der Waals surface area contributed by atoms with Gasteiger partial charge in [0.1, 0.15) is 5.03 Å². The lowest BCUT2D eigenvalue weighted by molar-refractivity contribution is -0.113. The lowest BCUT2D eigenvalue weighted by atomic mass is 10.1. The van der Waals surface area contributed by atoms with Crippen LogP contribution >= 0.6 is 11.8 Å². The summed E-state index contributed by atoms with van der Waals surface area (Å²) in [5, 5.41) is 17.1. The molecule has 0 aliphatic rings. The molecular formula is C22H17N5OS. The van der Waals surface area contributed by atoms with Gasteiger partial charge in [-0.15, -0.1) is 0 Å². The number of thioether (sulfide) groups is 1. The Bertz CT molecular complexity index is 1220. The summed E-state index contributed by atoms with van der Waals surface area (Å²) in [6.45, 7) is 2.05. The summed E-state index contributed by atoms with van der Waals surface area (Å²) in [7, 11) is 0. The van der Waals surface area contributed by atoms with E-state index < -0.39 is 0 Å². The van der Waals surface area contributed by atoms with Crippen LogP contribution in [0.2, 0.25) is 0 Å². The van der Waals surface area contributed by atoms with Gasteiger partial charge >= 0.3 is 0 Å². The summed E-state index contributed by atoms with van der Waals surface area (Å²) < 4.78 is 1.78. The van der Waals surface area contributed by atoms with E-state index in [0.717, 1.165) is 21.8 Å². The monoisotopic (exact) mass is 399 g/mol. The smallest absolute Gasteiger partial charge is 0.234 e. The molecule has 2 aromatic heterocycles. The number of anilines is 1. The Hall–Kier alpha value is -3.63. The Morgan fingerprint density at radius 2 is 2.03 bits per heavy atom. The number of amides is 1. The molecule has 2 heterocycles. The van der Waals surface area contributed by atoms with Crippen LogP contribution in [0.5, 0.6) is 0 Å². The molecule has 0 spiro atoms. The lowest BCUT2D eigenvalue weighted by Crippen LogP contribution is -2.14. The van der Waals surface area contributed by atoms with Gasteiger partial charge in [0.25, 0.3) is 0 Å². The summed E-state index contributed by atoms with van der Waals surface area (Å²) in [5.41, 5.74) is 5.05. The van der Waals surface area contributed by atoms with E-state index >= 15 is 0 Å². The average Bonchev–Trinajstić information content (AvgIpc) is 3.18. The minimum absolute atomic E-state index is 0.160. The highest BCUT2D eigenvalue weighted by Gasteiger charge is 2.12. The fourth-order valence-corrected chi connectivity index (χ4v) is 3.65. The first-order chi connectivity index (χ1) is 14.1. The highest BCUT2D eigenvalue weighted by atomic mass is 32.2.